The van der Waals surface area contributed by atoms with Gasteiger partial charge in [-0.15, -0.1) is 0 Å². The van der Waals surface area contributed by atoms with Crippen molar-refractivity contribution in [2.24, 2.45) is 0 Å². The summed E-state index contributed by atoms with van der Waals surface area (Å²) in [7, 11) is 0. The molecule has 0 saturated heterocycles. The minimum atomic E-state index is -4.78. The van der Waals surface area contributed by atoms with E-state index in [4.69, 9.17) is 9.47 Å². The van der Waals surface area contributed by atoms with E-state index in [1.54, 1.807) is 6.92 Å². The number of aromatic nitrogens is 1. The third-order valence-corrected chi connectivity index (χ3v) is 4.94. The van der Waals surface area contributed by atoms with Gasteiger partial charge < -0.3 is 14.0 Å². The number of carbonyl (C=O) groups excluding carboxylic acids is 1. The first-order valence-electron chi connectivity index (χ1n) is 10.1. The number of benzene rings is 2. The highest BCUT2D eigenvalue weighted by Crippen LogP contribution is 2.36. The average molecular weight is 449 g/mol. The number of esters is 1. The quantitative estimate of drug-likeness (QED) is 0.245. The second-order valence-electron chi connectivity index (χ2n) is 7.14. The SMILES string of the molecule is CCOC(=O)c1cc(CCOCc2ccccc2)n(-c2ccc(F)cc2C(F)(F)F)c1C. The van der Waals surface area contributed by atoms with Crippen LogP contribution in [0, 0.1) is 12.7 Å². The van der Waals surface area contributed by atoms with Crippen LogP contribution in [0.25, 0.3) is 5.69 Å². The average Bonchev–Trinajstić information content (AvgIpc) is 3.08. The molecule has 1 aromatic heterocycles. The highest BCUT2D eigenvalue weighted by atomic mass is 19.4. The Balaban J connectivity index is 1.96. The van der Waals surface area contributed by atoms with Gasteiger partial charge in [-0.2, -0.15) is 13.2 Å². The molecule has 1 heterocycles. The molecule has 32 heavy (non-hydrogen) atoms. The van der Waals surface area contributed by atoms with Crippen LogP contribution < -0.4 is 0 Å². The summed E-state index contributed by atoms with van der Waals surface area (Å²) in [6.45, 7) is 3.86. The third kappa shape index (κ3) is 5.37. The fourth-order valence-corrected chi connectivity index (χ4v) is 3.48. The van der Waals surface area contributed by atoms with E-state index >= 15 is 0 Å². The Bertz CT molecular complexity index is 1070. The summed E-state index contributed by atoms with van der Waals surface area (Å²) in [6.07, 6.45) is -4.54. The molecule has 0 amide bonds. The second-order valence-corrected chi connectivity index (χ2v) is 7.14. The van der Waals surface area contributed by atoms with Crippen molar-refractivity contribution in [3.05, 3.63) is 88.5 Å². The molecule has 0 radical (unpaired) electrons. The molecule has 4 nitrogen and oxygen atoms in total. The first kappa shape index (κ1) is 23.5. The summed E-state index contributed by atoms with van der Waals surface area (Å²) in [5.74, 6) is -1.63. The molecule has 2 aromatic carbocycles. The van der Waals surface area contributed by atoms with Crippen LogP contribution in [0.2, 0.25) is 0 Å². The topological polar surface area (TPSA) is 40.5 Å². The largest absolute Gasteiger partial charge is 0.462 e. The van der Waals surface area contributed by atoms with Crippen molar-refractivity contribution in [2.75, 3.05) is 13.2 Å². The maximum absolute atomic E-state index is 13.7. The van der Waals surface area contributed by atoms with Crippen LogP contribution in [0.3, 0.4) is 0 Å². The molecule has 0 N–H and O–H groups in total. The van der Waals surface area contributed by atoms with Gasteiger partial charge in [0.1, 0.15) is 5.82 Å². The van der Waals surface area contributed by atoms with Crippen molar-refractivity contribution in [2.45, 2.75) is 33.1 Å². The molecule has 0 aliphatic carbocycles. The molecule has 0 aliphatic rings. The smallest absolute Gasteiger partial charge is 0.418 e. The van der Waals surface area contributed by atoms with Gasteiger partial charge in [-0.1, -0.05) is 30.3 Å². The van der Waals surface area contributed by atoms with E-state index < -0.39 is 23.5 Å². The highest BCUT2D eigenvalue weighted by Gasteiger charge is 2.35. The van der Waals surface area contributed by atoms with Gasteiger partial charge >= 0.3 is 12.1 Å². The number of hydrogen-bond acceptors (Lipinski definition) is 3. The van der Waals surface area contributed by atoms with Gasteiger partial charge in [0.2, 0.25) is 0 Å². The van der Waals surface area contributed by atoms with Gasteiger partial charge in [-0.3, -0.25) is 0 Å². The van der Waals surface area contributed by atoms with Gasteiger partial charge in [-0.05, 0) is 43.7 Å². The molecule has 0 bridgehead atoms. The number of nitrogens with zero attached hydrogens (tertiary/aromatic N) is 1. The van der Waals surface area contributed by atoms with E-state index in [1.165, 1.54) is 17.6 Å². The minimum absolute atomic E-state index is 0.128. The normalized spacial score (nSPS) is 11.6. The lowest BCUT2D eigenvalue weighted by Crippen LogP contribution is -2.15. The Morgan fingerprint density at radius 2 is 1.78 bits per heavy atom. The molecule has 0 unspecified atom stereocenters. The molecule has 170 valence electrons. The highest BCUT2D eigenvalue weighted by molar-refractivity contribution is 5.91. The van der Waals surface area contributed by atoms with E-state index in [1.807, 2.05) is 30.3 Å². The first-order valence-corrected chi connectivity index (χ1v) is 10.1. The molecular formula is C24H23F4NO3. The van der Waals surface area contributed by atoms with Crippen LogP contribution in [0.4, 0.5) is 17.6 Å². The second kappa shape index (κ2) is 9.99. The standard InChI is InChI=1S/C24H23F4NO3/c1-3-32-23(30)20-14-19(11-12-31-15-17-7-5-4-6-8-17)29(16(20)2)22-10-9-18(25)13-21(22)24(26,27)28/h4-10,13-14H,3,11-12,15H2,1-2H3. The first-order chi connectivity index (χ1) is 15.2. The summed E-state index contributed by atoms with van der Waals surface area (Å²) in [4.78, 5) is 12.4. The van der Waals surface area contributed by atoms with E-state index in [2.05, 4.69) is 0 Å². The maximum atomic E-state index is 13.7. The molecule has 0 fully saturated rings. The van der Waals surface area contributed by atoms with Crippen molar-refractivity contribution >= 4 is 5.97 Å². The zero-order valence-corrected chi connectivity index (χ0v) is 17.7. The van der Waals surface area contributed by atoms with Gasteiger partial charge in [0.05, 0.1) is 36.6 Å². The summed E-state index contributed by atoms with van der Waals surface area (Å²) < 4.78 is 66.7. The van der Waals surface area contributed by atoms with Crippen LogP contribution in [-0.2, 0) is 28.7 Å². The van der Waals surface area contributed by atoms with E-state index in [9.17, 15) is 22.4 Å². The zero-order chi connectivity index (χ0) is 23.3. The number of alkyl halides is 3. The summed E-state index contributed by atoms with van der Waals surface area (Å²) in [5.41, 5.74) is 0.434. The van der Waals surface area contributed by atoms with Gasteiger partial charge in [0, 0.05) is 17.8 Å². The Labute approximate surface area is 183 Å². The Kier molecular flexibility index (Phi) is 7.35. The minimum Gasteiger partial charge on any atom is -0.462 e. The van der Waals surface area contributed by atoms with E-state index in [0.29, 0.717) is 18.4 Å². The Morgan fingerprint density at radius 3 is 2.44 bits per heavy atom. The maximum Gasteiger partial charge on any atom is 0.418 e. The molecule has 0 spiro atoms. The molecule has 0 atom stereocenters. The van der Waals surface area contributed by atoms with Crippen molar-refractivity contribution in [3.63, 3.8) is 0 Å². The molecule has 3 rings (SSSR count). The fourth-order valence-electron chi connectivity index (χ4n) is 3.48. The van der Waals surface area contributed by atoms with Crippen molar-refractivity contribution in [1.29, 1.82) is 0 Å². The van der Waals surface area contributed by atoms with E-state index in [-0.39, 0.29) is 36.6 Å². The number of halogens is 4. The van der Waals surface area contributed by atoms with Crippen LogP contribution in [0.1, 0.15) is 39.8 Å². The van der Waals surface area contributed by atoms with Gasteiger partial charge in [0.15, 0.2) is 0 Å². The predicted molar refractivity (Wildman–Crippen MR) is 111 cm³/mol. The lowest BCUT2D eigenvalue weighted by molar-refractivity contribution is -0.137. The van der Waals surface area contributed by atoms with Crippen molar-refractivity contribution < 1.29 is 31.8 Å². The Morgan fingerprint density at radius 1 is 1.06 bits per heavy atom. The molecule has 0 saturated carbocycles. The summed E-state index contributed by atoms with van der Waals surface area (Å²) >= 11 is 0. The number of hydrogen-bond donors (Lipinski definition) is 0. The van der Waals surface area contributed by atoms with Crippen LogP contribution in [0.5, 0.6) is 0 Å². The van der Waals surface area contributed by atoms with Crippen LogP contribution in [-0.4, -0.2) is 23.8 Å². The van der Waals surface area contributed by atoms with Crippen molar-refractivity contribution in [1.82, 2.24) is 4.57 Å². The molecule has 0 aliphatic heterocycles. The fraction of sp³-hybridized carbons (Fsp3) is 0.292. The lowest BCUT2D eigenvalue weighted by atomic mass is 10.1. The number of rotatable bonds is 8. The Hall–Kier alpha value is -3.13. The summed E-state index contributed by atoms with van der Waals surface area (Å²) in [5, 5.41) is 0. The van der Waals surface area contributed by atoms with Crippen LogP contribution in [0.15, 0.2) is 54.6 Å². The lowest BCUT2D eigenvalue weighted by Gasteiger charge is -2.18. The number of ether oxygens (including phenoxy) is 2. The molecule has 8 heteroatoms. The predicted octanol–water partition coefficient (Wildman–Crippen LogP) is 5.88. The molecule has 3 aromatic rings. The third-order valence-electron chi connectivity index (χ3n) is 4.94. The van der Waals surface area contributed by atoms with E-state index in [0.717, 1.165) is 17.7 Å². The zero-order valence-electron chi connectivity index (χ0n) is 17.7. The van der Waals surface area contributed by atoms with Crippen LogP contribution >= 0.6 is 0 Å². The van der Waals surface area contributed by atoms with Gasteiger partial charge in [-0.25, -0.2) is 9.18 Å². The number of carbonyl (C=O) groups is 1. The molecular weight excluding hydrogens is 426 g/mol. The monoisotopic (exact) mass is 449 g/mol. The summed E-state index contributed by atoms with van der Waals surface area (Å²) in [6, 6.07) is 13.4. The van der Waals surface area contributed by atoms with Gasteiger partial charge in [0.25, 0.3) is 0 Å². The van der Waals surface area contributed by atoms with Crippen molar-refractivity contribution in [3.8, 4) is 5.69 Å².